The van der Waals surface area contributed by atoms with Crippen molar-refractivity contribution in [3.8, 4) is 0 Å². The SMILES string of the molecule is CCCCCCOCCCCCCOCC(N)=O. The first-order valence-corrected chi connectivity index (χ1v) is 7.21. The zero-order valence-corrected chi connectivity index (χ0v) is 11.8. The van der Waals surface area contributed by atoms with Gasteiger partial charge in [0.15, 0.2) is 0 Å². The first kappa shape index (κ1) is 17.4. The Balaban J connectivity index is 2.92. The number of primary amides is 1. The number of hydrogen-bond donors (Lipinski definition) is 1. The lowest BCUT2D eigenvalue weighted by Gasteiger charge is -2.04. The monoisotopic (exact) mass is 259 g/mol. The van der Waals surface area contributed by atoms with Gasteiger partial charge in [-0.15, -0.1) is 0 Å². The minimum atomic E-state index is -0.397. The lowest BCUT2D eigenvalue weighted by atomic mass is 10.2. The molecule has 0 aliphatic rings. The average molecular weight is 259 g/mol. The quantitative estimate of drug-likeness (QED) is 0.488. The van der Waals surface area contributed by atoms with Crippen molar-refractivity contribution in [2.24, 2.45) is 5.73 Å². The molecule has 0 bridgehead atoms. The summed E-state index contributed by atoms with van der Waals surface area (Å²) >= 11 is 0. The van der Waals surface area contributed by atoms with Crippen molar-refractivity contribution < 1.29 is 14.3 Å². The van der Waals surface area contributed by atoms with E-state index in [0.29, 0.717) is 6.61 Å². The maximum absolute atomic E-state index is 10.4. The molecule has 0 saturated carbocycles. The average Bonchev–Trinajstić information content (AvgIpc) is 2.34. The van der Waals surface area contributed by atoms with Crippen molar-refractivity contribution in [2.45, 2.75) is 58.3 Å². The molecule has 0 rings (SSSR count). The van der Waals surface area contributed by atoms with Gasteiger partial charge in [0, 0.05) is 19.8 Å². The van der Waals surface area contributed by atoms with Crippen LogP contribution < -0.4 is 5.73 Å². The maximum Gasteiger partial charge on any atom is 0.243 e. The molecule has 0 unspecified atom stereocenters. The minimum Gasteiger partial charge on any atom is -0.381 e. The number of nitrogens with two attached hydrogens (primary N) is 1. The molecular weight excluding hydrogens is 230 g/mol. The Morgan fingerprint density at radius 3 is 1.83 bits per heavy atom. The number of carbonyl (C=O) groups is 1. The van der Waals surface area contributed by atoms with Crippen molar-refractivity contribution in [2.75, 3.05) is 26.4 Å². The second-order valence-electron chi connectivity index (χ2n) is 4.61. The molecular formula is C14H29NO3. The van der Waals surface area contributed by atoms with Gasteiger partial charge in [0.2, 0.25) is 5.91 Å². The largest absolute Gasteiger partial charge is 0.381 e. The maximum atomic E-state index is 10.4. The van der Waals surface area contributed by atoms with E-state index in [4.69, 9.17) is 15.2 Å². The molecule has 0 aromatic carbocycles. The zero-order chi connectivity index (χ0) is 13.5. The van der Waals surface area contributed by atoms with E-state index in [1.54, 1.807) is 0 Å². The molecule has 0 spiro atoms. The van der Waals surface area contributed by atoms with Gasteiger partial charge in [0.25, 0.3) is 0 Å². The van der Waals surface area contributed by atoms with Gasteiger partial charge in [-0.25, -0.2) is 0 Å². The highest BCUT2D eigenvalue weighted by Crippen LogP contribution is 2.02. The second-order valence-corrected chi connectivity index (χ2v) is 4.61. The van der Waals surface area contributed by atoms with Gasteiger partial charge in [-0.3, -0.25) is 4.79 Å². The fraction of sp³-hybridized carbons (Fsp3) is 0.929. The zero-order valence-electron chi connectivity index (χ0n) is 11.8. The number of carbonyl (C=O) groups excluding carboxylic acids is 1. The van der Waals surface area contributed by atoms with Gasteiger partial charge in [0.1, 0.15) is 6.61 Å². The van der Waals surface area contributed by atoms with E-state index in [1.165, 1.54) is 25.7 Å². The first-order valence-electron chi connectivity index (χ1n) is 7.21. The van der Waals surface area contributed by atoms with Gasteiger partial charge in [0.05, 0.1) is 0 Å². The van der Waals surface area contributed by atoms with Crippen molar-refractivity contribution in [1.29, 1.82) is 0 Å². The summed E-state index contributed by atoms with van der Waals surface area (Å²) in [5.41, 5.74) is 4.95. The highest BCUT2D eigenvalue weighted by Gasteiger charge is 1.95. The van der Waals surface area contributed by atoms with Crippen LogP contribution in [0.4, 0.5) is 0 Å². The molecule has 0 atom stereocenters. The number of unbranched alkanes of at least 4 members (excludes halogenated alkanes) is 6. The highest BCUT2D eigenvalue weighted by molar-refractivity contribution is 5.74. The Kier molecular flexibility index (Phi) is 14.0. The molecule has 18 heavy (non-hydrogen) atoms. The number of hydrogen-bond acceptors (Lipinski definition) is 3. The third kappa shape index (κ3) is 15.4. The van der Waals surface area contributed by atoms with E-state index >= 15 is 0 Å². The van der Waals surface area contributed by atoms with E-state index in [9.17, 15) is 4.79 Å². The summed E-state index contributed by atoms with van der Waals surface area (Å²) in [5.74, 6) is -0.397. The van der Waals surface area contributed by atoms with E-state index in [-0.39, 0.29) is 6.61 Å². The Morgan fingerprint density at radius 1 is 0.833 bits per heavy atom. The smallest absolute Gasteiger partial charge is 0.243 e. The predicted molar refractivity (Wildman–Crippen MR) is 73.4 cm³/mol. The number of ether oxygens (including phenoxy) is 2. The van der Waals surface area contributed by atoms with Crippen LogP contribution in [0, 0.1) is 0 Å². The second kappa shape index (κ2) is 14.5. The molecule has 0 aliphatic heterocycles. The first-order chi connectivity index (χ1) is 8.77. The molecule has 0 aromatic heterocycles. The topological polar surface area (TPSA) is 61.6 Å². The molecule has 0 saturated heterocycles. The van der Waals surface area contributed by atoms with Crippen molar-refractivity contribution >= 4 is 5.91 Å². The van der Waals surface area contributed by atoms with Crippen LogP contribution in [0.5, 0.6) is 0 Å². The van der Waals surface area contributed by atoms with Gasteiger partial charge in [-0.1, -0.05) is 39.0 Å². The summed E-state index contributed by atoms with van der Waals surface area (Å²) in [5, 5.41) is 0. The summed E-state index contributed by atoms with van der Waals surface area (Å²) in [6.45, 7) is 4.66. The van der Waals surface area contributed by atoms with Gasteiger partial charge >= 0.3 is 0 Å². The lowest BCUT2D eigenvalue weighted by Crippen LogP contribution is -2.18. The molecule has 4 nitrogen and oxygen atoms in total. The van der Waals surface area contributed by atoms with Crippen LogP contribution in [0.3, 0.4) is 0 Å². The summed E-state index contributed by atoms with van der Waals surface area (Å²) in [4.78, 5) is 10.4. The van der Waals surface area contributed by atoms with Gasteiger partial charge < -0.3 is 15.2 Å². The molecule has 2 N–H and O–H groups in total. The third-order valence-electron chi connectivity index (χ3n) is 2.71. The fourth-order valence-corrected chi connectivity index (χ4v) is 1.67. The number of rotatable bonds is 14. The predicted octanol–water partition coefficient (Wildman–Crippen LogP) is 2.65. The van der Waals surface area contributed by atoms with E-state index in [0.717, 1.165) is 38.9 Å². The molecule has 0 aromatic rings. The van der Waals surface area contributed by atoms with Crippen LogP contribution in [-0.2, 0) is 14.3 Å². The molecule has 4 heteroatoms. The van der Waals surface area contributed by atoms with Crippen molar-refractivity contribution in [3.63, 3.8) is 0 Å². The standard InChI is InChI=1S/C14H29NO3/c1-2-3-4-7-10-17-11-8-5-6-9-12-18-13-14(15)16/h2-13H2,1H3,(H2,15,16). The van der Waals surface area contributed by atoms with Crippen LogP contribution in [0.15, 0.2) is 0 Å². The van der Waals surface area contributed by atoms with Crippen molar-refractivity contribution in [1.82, 2.24) is 0 Å². The van der Waals surface area contributed by atoms with Gasteiger partial charge in [-0.2, -0.15) is 0 Å². The summed E-state index contributed by atoms with van der Waals surface area (Å²) in [6, 6.07) is 0. The van der Waals surface area contributed by atoms with Crippen molar-refractivity contribution in [3.05, 3.63) is 0 Å². The van der Waals surface area contributed by atoms with Crippen LogP contribution in [-0.4, -0.2) is 32.3 Å². The highest BCUT2D eigenvalue weighted by atomic mass is 16.5. The third-order valence-corrected chi connectivity index (χ3v) is 2.71. The molecule has 0 radical (unpaired) electrons. The van der Waals surface area contributed by atoms with Crippen LogP contribution in [0.1, 0.15) is 58.3 Å². The van der Waals surface area contributed by atoms with Gasteiger partial charge in [-0.05, 0) is 19.3 Å². The normalized spacial score (nSPS) is 10.7. The Labute approximate surface area is 111 Å². The minimum absolute atomic E-state index is 0.0425. The molecule has 1 amide bonds. The Morgan fingerprint density at radius 2 is 1.33 bits per heavy atom. The molecule has 0 aliphatic carbocycles. The van der Waals surface area contributed by atoms with E-state index in [1.807, 2.05) is 0 Å². The Bertz CT molecular complexity index is 186. The van der Waals surface area contributed by atoms with E-state index < -0.39 is 5.91 Å². The summed E-state index contributed by atoms with van der Waals surface area (Å²) < 4.78 is 10.6. The molecule has 0 heterocycles. The lowest BCUT2D eigenvalue weighted by molar-refractivity contribution is -0.122. The van der Waals surface area contributed by atoms with Crippen LogP contribution >= 0.6 is 0 Å². The Hall–Kier alpha value is -0.610. The summed E-state index contributed by atoms with van der Waals surface area (Å²) in [6.07, 6.45) is 9.45. The molecule has 108 valence electrons. The van der Waals surface area contributed by atoms with Crippen LogP contribution in [0.25, 0.3) is 0 Å². The summed E-state index contributed by atoms with van der Waals surface area (Å²) in [7, 11) is 0. The molecule has 0 fully saturated rings. The van der Waals surface area contributed by atoms with E-state index in [2.05, 4.69) is 6.92 Å². The number of amides is 1. The fourth-order valence-electron chi connectivity index (χ4n) is 1.67. The van der Waals surface area contributed by atoms with Crippen LogP contribution in [0.2, 0.25) is 0 Å².